The van der Waals surface area contributed by atoms with E-state index >= 15 is 0 Å². The van der Waals surface area contributed by atoms with Gasteiger partial charge in [0, 0.05) is 30.1 Å². The second-order valence-electron chi connectivity index (χ2n) is 5.96. The maximum Gasteiger partial charge on any atom is 0.294 e. The molecule has 0 radical (unpaired) electrons. The van der Waals surface area contributed by atoms with Gasteiger partial charge < -0.3 is 5.73 Å². The van der Waals surface area contributed by atoms with Crippen LogP contribution in [0.2, 0.25) is 0 Å². The average Bonchev–Trinajstić information content (AvgIpc) is 3.40. The lowest BCUT2D eigenvalue weighted by Crippen LogP contribution is -2.19. The highest BCUT2D eigenvalue weighted by Crippen LogP contribution is 2.28. The Balaban J connectivity index is 1.74. The molecule has 3 N–H and O–H groups in total. The first-order chi connectivity index (χ1) is 15.0. The lowest BCUT2D eigenvalue weighted by atomic mass is 10.1. The van der Waals surface area contributed by atoms with Crippen molar-refractivity contribution in [3.8, 4) is 17.1 Å². The standard InChI is InChI=1S/C17H12N10O4/c18-15-16(24-31-23-15)26-14(11-2-1-3-12(8-11)27(29)30)13(21-25-26)17(28)22-20-9-10-4-6-19-7-5-10/h1-9H,(H2,18,23)(H,22,28)/b20-9+. The Kier molecular flexibility index (Phi) is 5.08. The van der Waals surface area contributed by atoms with Crippen LogP contribution in [0.4, 0.5) is 11.5 Å². The van der Waals surface area contributed by atoms with E-state index in [9.17, 15) is 14.9 Å². The van der Waals surface area contributed by atoms with Crippen LogP contribution in [0.25, 0.3) is 17.1 Å². The number of carbonyl (C=O) groups is 1. The van der Waals surface area contributed by atoms with Gasteiger partial charge in [0.2, 0.25) is 11.6 Å². The Morgan fingerprint density at radius 3 is 2.77 bits per heavy atom. The van der Waals surface area contributed by atoms with E-state index in [1.807, 2.05) is 0 Å². The smallest absolute Gasteiger partial charge is 0.294 e. The van der Waals surface area contributed by atoms with Crippen LogP contribution in [0.15, 0.2) is 58.5 Å². The fourth-order valence-corrected chi connectivity index (χ4v) is 2.61. The van der Waals surface area contributed by atoms with E-state index in [1.54, 1.807) is 30.6 Å². The Morgan fingerprint density at radius 1 is 1.26 bits per heavy atom. The molecule has 0 fully saturated rings. The van der Waals surface area contributed by atoms with Crippen molar-refractivity contribution in [3.63, 3.8) is 0 Å². The number of carbonyl (C=O) groups excluding carboxylic acids is 1. The highest BCUT2D eigenvalue weighted by molar-refractivity contribution is 5.99. The number of nitro groups is 1. The van der Waals surface area contributed by atoms with E-state index < -0.39 is 10.8 Å². The molecular weight excluding hydrogens is 408 g/mol. The molecule has 14 nitrogen and oxygen atoms in total. The van der Waals surface area contributed by atoms with Gasteiger partial charge in [-0.1, -0.05) is 17.3 Å². The van der Waals surface area contributed by atoms with Crippen LogP contribution in [-0.4, -0.2) is 47.3 Å². The topological polar surface area (TPSA) is 193 Å². The molecule has 0 saturated carbocycles. The molecule has 1 amide bonds. The number of non-ortho nitro benzene ring substituents is 1. The fourth-order valence-electron chi connectivity index (χ4n) is 2.61. The van der Waals surface area contributed by atoms with Crippen LogP contribution in [0, 0.1) is 10.1 Å². The lowest BCUT2D eigenvalue weighted by Gasteiger charge is -2.05. The molecular formula is C17H12N10O4. The van der Waals surface area contributed by atoms with Gasteiger partial charge in [-0.15, -0.1) is 5.10 Å². The van der Waals surface area contributed by atoms with Gasteiger partial charge in [-0.2, -0.15) is 9.78 Å². The summed E-state index contributed by atoms with van der Waals surface area (Å²) in [7, 11) is 0. The SMILES string of the molecule is Nc1nonc1-n1nnc(C(=O)N/N=C/c2ccncc2)c1-c1cccc([N+](=O)[O-])c1. The summed E-state index contributed by atoms with van der Waals surface area (Å²) >= 11 is 0. The molecule has 4 rings (SSSR count). The molecule has 3 heterocycles. The Hall–Kier alpha value is -5.01. The summed E-state index contributed by atoms with van der Waals surface area (Å²) in [5.41, 5.74) is 8.77. The van der Waals surface area contributed by atoms with E-state index in [4.69, 9.17) is 5.73 Å². The van der Waals surface area contributed by atoms with Gasteiger partial charge in [0.15, 0.2) is 5.69 Å². The number of aromatic nitrogens is 6. The van der Waals surface area contributed by atoms with Crippen LogP contribution < -0.4 is 11.2 Å². The lowest BCUT2D eigenvalue weighted by molar-refractivity contribution is -0.384. The summed E-state index contributed by atoms with van der Waals surface area (Å²) < 4.78 is 5.69. The summed E-state index contributed by atoms with van der Waals surface area (Å²) in [4.78, 5) is 27.3. The average molecular weight is 420 g/mol. The number of nitrogen functional groups attached to an aromatic ring is 1. The van der Waals surface area contributed by atoms with Gasteiger partial charge in [-0.05, 0) is 28.0 Å². The van der Waals surface area contributed by atoms with Crippen molar-refractivity contribution in [1.82, 2.24) is 35.7 Å². The number of rotatable bonds is 6. The van der Waals surface area contributed by atoms with Gasteiger partial charge in [0.05, 0.1) is 11.1 Å². The van der Waals surface area contributed by atoms with E-state index in [0.29, 0.717) is 5.56 Å². The maximum atomic E-state index is 12.7. The number of hydrazone groups is 1. The molecule has 0 bridgehead atoms. The third-order valence-corrected chi connectivity index (χ3v) is 4.00. The third-order valence-electron chi connectivity index (χ3n) is 4.00. The molecule has 14 heteroatoms. The molecule has 3 aromatic heterocycles. The van der Waals surface area contributed by atoms with Crippen molar-refractivity contribution in [1.29, 1.82) is 0 Å². The van der Waals surface area contributed by atoms with Crippen molar-refractivity contribution >= 4 is 23.6 Å². The third kappa shape index (κ3) is 3.93. The number of benzene rings is 1. The van der Waals surface area contributed by atoms with Gasteiger partial charge in [0.1, 0.15) is 5.69 Å². The molecule has 4 aromatic rings. The molecule has 0 aliphatic rings. The van der Waals surface area contributed by atoms with Crippen molar-refractivity contribution in [2.75, 3.05) is 5.73 Å². The van der Waals surface area contributed by atoms with Gasteiger partial charge in [0.25, 0.3) is 11.6 Å². The number of anilines is 1. The quantitative estimate of drug-likeness (QED) is 0.258. The number of amides is 1. The normalized spacial score (nSPS) is 11.0. The van der Waals surface area contributed by atoms with Crippen molar-refractivity contribution in [2.45, 2.75) is 0 Å². The van der Waals surface area contributed by atoms with Crippen molar-refractivity contribution < 1.29 is 14.3 Å². The number of nitrogens with one attached hydrogen (secondary N) is 1. The Bertz CT molecular complexity index is 1280. The zero-order chi connectivity index (χ0) is 21.8. The number of hydrogen-bond donors (Lipinski definition) is 2. The van der Waals surface area contributed by atoms with E-state index in [2.05, 4.69) is 40.8 Å². The zero-order valence-corrected chi connectivity index (χ0v) is 15.5. The highest BCUT2D eigenvalue weighted by atomic mass is 16.6. The predicted octanol–water partition coefficient (Wildman–Crippen LogP) is 0.967. The number of nitrogens with zero attached hydrogens (tertiary/aromatic N) is 8. The van der Waals surface area contributed by atoms with Gasteiger partial charge >= 0.3 is 0 Å². The molecule has 0 saturated heterocycles. The van der Waals surface area contributed by atoms with E-state index in [1.165, 1.54) is 24.4 Å². The molecule has 0 atom stereocenters. The van der Waals surface area contributed by atoms with E-state index in [-0.39, 0.29) is 34.3 Å². The van der Waals surface area contributed by atoms with Crippen LogP contribution in [0.1, 0.15) is 16.1 Å². The van der Waals surface area contributed by atoms with Crippen LogP contribution in [-0.2, 0) is 0 Å². The van der Waals surface area contributed by atoms with Gasteiger partial charge in [-0.25, -0.2) is 10.1 Å². The van der Waals surface area contributed by atoms with Gasteiger partial charge in [-0.3, -0.25) is 19.9 Å². The number of pyridine rings is 1. The molecule has 0 unspecified atom stereocenters. The molecule has 31 heavy (non-hydrogen) atoms. The molecule has 1 aromatic carbocycles. The summed E-state index contributed by atoms with van der Waals surface area (Å²) in [6.45, 7) is 0. The second-order valence-corrected chi connectivity index (χ2v) is 5.96. The summed E-state index contributed by atoms with van der Waals surface area (Å²) in [6, 6.07) is 8.96. The molecule has 0 aliphatic heterocycles. The van der Waals surface area contributed by atoms with Crippen LogP contribution >= 0.6 is 0 Å². The predicted molar refractivity (Wildman–Crippen MR) is 105 cm³/mol. The highest BCUT2D eigenvalue weighted by Gasteiger charge is 2.26. The second kappa shape index (κ2) is 8.16. The zero-order valence-electron chi connectivity index (χ0n) is 15.5. The van der Waals surface area contributed by atoms with Crippen LogP contribution in [0.5, 0.6) is 0 Å². The van der Waals surface area contributed by atoms with Crippen molar-refractivity contribution in [3.05, 3.63) is 70.2 Å². The first-order valence-electron chi connectivity index (χ1n) is 8.57. The molecule has 154 valence electrons. The molecule has 0 aliphatic carbocycles. The number of nitro benzene ring substituents is 1. The largest absolute Gasteiger partial charge is 0.378 e. The Morgan fingerprint density at radius 2 is 2.06 bits per heavy atom. The van der Waals surface area contributed by atoms with E-state index in [0.717, 1.165) is 4.68 Å². The van der Waals surface area contributed by atoms with Crippen molar-refractivity contribution in [2.24, 2.45) is 5.10 Å². The molecule has 0 spiro atoms. The minimum Gasteiger partial charge on any atom is -0.378 e. The number of hydrogen-bond acceptors (Lipinski definition) is 11. The van der Waals surface area contributed by atoms with Crippen LogP contribution in [0.3, 0.4) is 0 Å². The summed E-state index contributed by atoms with van der Waals surface area (Å²) in [6.07, 6.45) is 4.56. The Labute approximate surface area is 172 Å². The minimum atomic E-state index is -0.715. The first-order valence-corrected chi connectivity index (χ1v) is 8.57. The fraction of sp³-hybridized carbons (Fsp3) is 0. The monoisotopic (exact) mass is 420 g/mol. The summed E-state index contributed by atoms with van der Waals surface area (Å²) in [5, 5.41) is 30.0. The first kappa shape index (κ1) is 19.3. The minimum absolute atomic E-state index is 0.0339. The maximum absolute atomic E-state index is 12.7. The summed E-state index contributed by atoms with van der Waals surface area (Å²) in [5.74, 6) is -0.860. The number of nitrogens with two attached hydrogens (primary N) is 1.